The van der Waals surface area contributed by atoms with Gasteiger partial charge in [0.25, 0.3) is 0 Å². The van der Waals surface area contributed by atoms with Crippen LogP contribution in [-0.2, 0) is 11.2 Å². The molecule has 3 nitrogen and oxygen atoms in total. The van der Waals surface area contributed by atoms with Crippen molar-refractivity contribution < 1.29 is 9.90 Å². The van der Waals surface area contributed by atoms with Gasteiger partial charge in [0, 0.05) is 19.6 Å². The lowest BCUT2D eigenvalue weighted by Crippen LogP contribution is -2.28. The van der Waals surface area contributed by atoms with E-state index in [0.717, 1.165) is 18.4 Å². The number of nitrogens with one attached hydrogen (secondary N) is 1. The van der Waals surface area contributed by atoms with Gasteiger partial charge in [-0.2, -0.15) is 0 Å². The summed E-state index contributed by atoms with van der Waals surface area (Å²) in [7, 11) is 0. The molecule has 1 rings (SSSR count). The van der Waals surface area contributed by atoms with E-state index in [2.05, 4.69) is 5.32 Å². The van der Waals surface area contributed by atoms with Crippen molar-refractivity contribution in [1.82, 2.24) is 5.32 Å². The topological polar surface area (TPSA) is 49.3 Å². The summed E-state index contributed by atoms with van der Waals surface area (Å²) in [5.41, 5.74) is 1.08. The largest absolute Gasteiger partial charge is 0.396 e. The van der Waals surface area contributed by atoms with Crippen LogP contribution in [0.5, 0.6) is 0 Å². The molecule has 1 unspecified atom stereocenters. The maximum absolute atomic E-state index is 11.6. The summed E-state index contributed by atoms with van der Waals surface area (Å²) in [4.78, 5) is 11.6. The number of aliphatic hydroxyl groups excluding tert-OH is 1. The summed E-state index contributed by atoms with van der Waals surface area (Å²) in [6, 6.07) is 5.54. The smallest absolute Gasteiger partial charge is 0.220 e. The summed E-state index contributed by atoms with van der Waals surface area (Å²) in [5.74, 6) is 0.355. The van der Waals surface area contributed by atoms with Crippen molar-refractivity contribution in [2.45, 2.75) is 32.6 Å². The predicted octanol–water partition coefficient (Wildman–Crippen LogP) is 3.45. The molecule has 0 radical (unpaired) electrons. The normalized spacial score (nSPS) is 12.2. The average Bonchev–Trinajstić information content (AvgIpc) is 2.41. The van der Waals surface area contributed by atoms with Gasteiger partial charge in [-0.25, -0.2) is 0 Å². The molecule has 1 aromatic carbocycles. The van der Waals surface area contributed by atoms with Gasteiger partial charge in [0.05, 0.1) is 10.0 Å². The van der Waals surface area contributed by atoms with Crippen LogP contribution in [0.25, 0.3) is 0 Å². The molecule has 0 bridgehead atoms. The minimum absolute atomic E-state index is 0.0508. The number of benzene rings is 1. The molecule has 0 aliphatic heterocycles. The SMILES string of the molecule is CC(CCO)CNC(=O)CCCc1ccc(Cl)c(Cl)c1. The van der Waals surface area contributed by atoms with Crippen LogP contribution in [0.1, 0.15) is 31.7 Å². The molecule has 1 aromatic rings. The Kier molecular flexibility index (Phi) is 7.97. The lowest BCUT2D eigenvalue weighted by atomic mass is 10.1. The van der Waals surface area contributed by atoms with Gasteiger partial charge in [0.1, 0.15) is 0 Å². The highest BCUT2D eigenvalue weighted by Gasteiger charge is 2.06. The van der Waals surface area contributed by atoms with Gasteiger partial charge in [-0.15, -0.1) is 0 Å². The molecule has 0 spiro atoms. The van der Waals surface area contributed by atoms with Crippen LogP contribution in [0.15, 0.2) is 18.2 Å². The first-order chi connectivity index (χ1) is 9.52. The van der Waals surface area contributed by atoms with Crippen molar-refractivity contribution in [3.63, 3.8) is 0 Å². The Balaban J connectivity index is 2.23. The van der Waals surface area contributed by atoms with E-state index in [0.29, 0.717) is 35.3 Å². The van der Waals surface area contributed by atoms with E-state index >= 15 is 0 Å². The molecule has 0 heterocycles. The Morgan fingerprint density at radius 3 is 2.75 bits per heavy atom. The Labute approximate surface area is 130 Å². The third-order valence-corrected chi connectivity index (χ3v) is 3.86. The molecule has 0 saturated heterocycles. The van der Waals surface area contributed by atoms with E-state index in [4.69, 9.17) is 28.3 Å². The van der Waals surface area contributed by atoms with E-state index < -0.39 is 0 Å². The number of carbonyl (C=O) groups excluding carboxylic acids is 1. The fourth-order valence-corrected chi connectivity index (χ4v) is 2.17. The van der Waals surface area contributed by atoms with Crippen LogP contribution < -0.4 is 5.32 Å². The van der Waals surface area contributed by atoms with Gasteiger partial charge in [-0.1, -0.05) is 36.2 Å². The van der Waals surface area contributed by atoms with Crippen LogP contribution in [0, 0.1) is 5.92 Å². The van der Waals surface area contributed by atoms with Crippen LogP contribution in [0.3, 0.4) is 0 Å². The summed E-state index contributed by atoms with van der Waals surface area (Å²) in [6.07, 6.45) is 2.78. The van der Waals surface area contributed by atoms with Gasteiger partial charge >= 0.3 is 0 Å². The Bertz CT molecular complexity index is 438. The summed E-state index contributed by atoms with van der Waals surface area (Å²) < 4.78 is 0. The third kappa shape index (κ3) is 6.60. The molecule has 2 N–H and O–H groups in total. The highest BCUT2D eigenvalue weighted by atomic mass is 35.5. The molecule has 0 aromatic heterocycles. The van der Waals surface area contributed by atoms with Crippen LogP contribution in [0.4, 0.5) is 0 Å². The second kappa shape index (κ2) is 9.22. The van der Waals surface area contributed by atoms with Gasteiger partial charge < -0.3 is 10.4 Å². The molecule has 0 saturated carbocycles. The first-order valence-corrected chi connectivity index (χ1v) is 7.60. The van der Waals surface area contributed by atoms with Gasteiger partial charge in [-0.05, 0) is 42.9 Å². The van der Waals surface area contributed by atoms with Crippen LogP contribution >= 0.6 is 23.2 Å². The zero-order valence-electron chi connectivity index (χ0n) is 11.7. The van der Waals surface area contributed by atoms with Crippen molar-refractivity contribution in [2.75, 3.05) is 13.2 Å². The monoisotopic (exact) mass is 317 g/mol. The molecule has 1 amide bonds. The number of amides is 1. The molecule has 0 aliphatic carbocycles. The number of aliphatic hydroxyl groups is 1. The molecule has 1 atom stereocenters. The maximum atomic E-state index is 11.6. The number of halogens is 2. The minimum atomic E-state index is 0.0508. The molecular formula is C15H21Cl2NO2. The van der Waals surface area contributed by atoms with E-state index in [1.807, 2.05) is 19.1 Å². The lowest BCUT2D eigenvalue weighted by molar-refractivity contribution is -0.121. The second-order valence-corrected chi connectivity index (χ2v) is 5.84. The Morgan fingerprint density at radius 1 is 1.35 bits per heavy atom. The second-order valence-electron chi connectivity index (χ2n) is 5.02. The van der Waals surface area contributed by atoms with Crippen molar-refractivity contribution >= 4 is 29.1 Å². The standard InChI is InChI=1S/C15H21Cl2NO2/c1-11(7-8-19)10-18-15(20)4-2-3-12-5-6-13(16)14(17)9-12/h5-6,9,11,19H,2-4,7-8,10H2,1H3,(H,18,20). The van der Waals surface area contributed by atoms with Crippen molar-refractivity contribution in [3.8, 4) is 0 Å². The Hall–Kier alpha value is -0.770. The van der Waals surface area contributed by atoms with Crippen molar-refractivity contribution in [2.24, 2.45) is 5.92 Å². The van der Waals surface area contributed by atoms with E-state index in [1.165, 1.54) is 0 Å². The van der Waals surface area contributed by atoms with Gasteiger partial charge in [0.2, 0.25) is 5.91 Å². The zero-order valence-corrected chi connectivity index (χ0v) is 13.2. The third-order valence-electron chi connectivity index (χ3n) is 3.12. The van der Waals surface area contributed by atoms with E-state index in [-0.39, 0.29) is 12.5 Å². The highest BCUT2D eigenvalue weighted by molar-refractivity contribution is 6.42. The first-order valence-electron chi connectivity index (χ1n) is 6.84. The molecule has 0 fully saturated rings. The molecule has 112 valence electrons. The number of aryl methyl sites for hydroxylation is 1. The van der Waals surface area contributed by atoms with Crippen LogP contribution in [-0.4, -0.2) is 24.2 Å². The van der Waals surface area contributed by atoms with Crippen molar-refractivity contribution in [1.29, 1.82) is 0 Å². The summed E-state index contributed by atoms with van der Waals surface area (Å²) >= 11 is 11.8. The Morgan fingerprint density at radius 2 is 2.10 bits per heavy atom. The number of rotatable bonds is 8. The fourth-order valence-electron chi connectivity index (χ4n) is 1.85. The molecule has 5 heteroatoms. The lowest BCUT2D eigenvalue weighted by Gasteiger charge is -2.11. The van der Waals surface area contributed by atoms with E-state index in [9.17, 15) is 4.79 Å². The first kappa shape index (κ1) is 17.3. The molecule has 0 aliphatic rings. The summed E-state index contributed by atoms with van der Waals surface area (Å²) in [5, 5.41) is 12.8. The van der Waals surface area contributed by atoms with Crippen LogP contribution in [0.2, 0.25) is 10.0 Å². The fraction of sp³-hybridized carbons (Fsp3) is 0.533. The average molecular weight is 318 g/mol. The van der Waals surface area contributed by atoms with E-state index in [1.54, 1.807) is 6.07 Å². The van der Waals surface area contributed by atoms with Gasteiger partial charge in [0.15, 0.2) is 0 Å². The number of hydrogen-bond donors (Lipinski definition) is 2. The van der Waals surface area contributed by atoms with Gasteiger partial charge in [-0.3, -0.25) is 4.79 Å². The quantitative estimate of drug-likeness (QED) is 0.771. The summed E-state index contributed by atoms with van der Waals surface area (Å²) in [6.45, 7) is 2.78. The molecular weight excluding hydrogens is 297 g/mol. The minimum Gasteiger partial charge on any atom is -0.396 e. The highest BCUT2D eigenvalue weighted by Crippen LogP contribution is 2.23. The maximum Gasteiger partial charge on any atom is 0.220 e. The van der Waals surface area contributed by atoms with Crippen molar-refractivity contribution in [3.05, 3.63) is 33.8 Å². The molecule has 20 heavy (non-hydrogen) atoms. The number of carbonyl (C=O) groups is 1. The zero-order chi connectivity index (χ0) is 15.0. The predicted molar refractivity (Wildman–Crippen MR) is 83.3 cm³/mol. The number of hydrogen-bond acceptors (Lipinski definition) is 2.